The third-order valence-corrected chi connectivity index (χ3v) is 182. The van der Waals surface area contributed by atoms with Gasteiger partial charge in [-0.3, -0.25) is 0 Å². The third-order valence-electron chi connectivity index (χ3n) is 13.4. The van der Waals surface area contributed by atoms with E-state index in [1.807, 2.05) is 0 Å². The third kappa shape index (κ3) is 34.8. The summed E-state index contributed by atoms with van der Waals surface area (Å²) in [6, 6.07) is 0. The summed E-state index contributed by atoms with van der Waals surface area (Å²) in [7, 11) is 0. The zero-order valence-electron chi connectivity index (χ0n) is 39.8. The Hall–Kier alpha value is 2.30. The second-order valence-corrected chi connectivity index (χ2v) is 87.1. The van der Waals surface area contributed by atoms with E-state index in [-0.39, 0.29) is 0 Å². The van der Waals surface area contributed by atoms with Gasteiger partial charge < -0.3 is 0 Å². The van der Waals surface area contributed by atoms with E-state index in [1.165, 1.54) is 231 Å². The van der Waals surface area contributed by atoms with Crippen LogP contribution in [0.15, 0.2) is 0 Å². The van der Waals surface area contributed by atoms with Gasteiger partial charge in [-0.05, 0) is 0 Å². The van der Waals surface area contributed by atoms with Gasteiger partial charge in [-0.1, -0.05) is 27.7 Å². The SMILES string of the molecule is CCCCCCCCCCCC[CH2][Sn]1([CH2]CCCCCCCCCCCC)[S][Sn]([CH2]CCCCCCCCCCCC)([CH2]CCCCCCCCCCCC)[S]1. The Morgan fingerprint density at radius 3 is 0.446 bits per heavy atom. The van der Waals surface area contributed by atoms with Crippen LogP contribution in [0.2, 0.25) is 17.7 Å². The average Bonchev–Trinajstić information content (AvgIpc) is 3.19. The molecule has 0 bridgehead atoms. The van der Waals surface area contributed by atoms with E-state index >= 15 is 0 Å². The summed E-state index contributed by atoms with van der Waals surface area (Å²) in [6.45, 7) is 9.37. The van der Waals surface area contributed by atoms with E-state index in [0.717, 1.165) is 0 Å². The molecular weight excluding hydrogens is 926 g/mol. The Kier molecular flexibility index (Phi) is 44.2. The van der Waals surface area contributed by atoms with Crippen LogP contribution in [0.5, 0.6) is 0 Å². The van der Waals surface area contributed by atoms with Crippen LogP contribution in [0, 0.1) is 0 Å². The second kappa shape index (κ2) is 43.9. The van der Waals surface area contributed by atoms with E-state index in [2.05, 4.69) is 40.0 Å². The van der Waals surface area contributed by atoms with Crippen molar-refractivity contribution in [3.05, 3.63) is 0 Å². The Bertz CT molecular complexity index is 637. The predicted octanol–water partition coefficient (Wildman–Crippen LogP) is 21.6. The van der Waals surface area contributed by atoms with Crippen LogP contribution in [0.3, 0.4) is 0 Å². The van der Waals surface area contributed by atoms with E-state index in [0.29, 0.717) is 0 Å². The minimum atomic E-state index is -2.05. The van der Waals surface area contributed by atoms with Gasteiger partial charge in [-0.2, -0.15) is 0 Å². The van der Waals surface area contributed by atoms with Crippen LogP contribution < -0.4 is 0 Å². The van der Waals surface area contributed by atoms with Crippen molar-refractivity contribution in [3.8, 4) is 0 Å². The molecule has 0 saturated carbocycles. The summed E-state index contributed by atoms with van der Waals surface area (Å²) in [5.74, 6) is 0. The molecule has 0 aromatic carbocycles. The second-order valence-electron chi connectivity index (χ2n) is 19.2. The Morgan fingerprint density at radius 2 is 0.304 bits per heavy atom. The molecule has 0 nitrogen and oxygen atoms in total. The molecule has 4 heteroatoms. The van der Waals surface area contributed by atoms with Crippen molar-refractivity contribution < 1.29 is 0 Å². The first kappa shape index (κ1) is 56.3. The van der Waals surface area contributed by atoms with Gasteiger partial charge in [0.15, 0.2) is 0 Å². The molecule has 336 valence electrons. The van der Waals surface area contributed by atoms with Crippen LogP contribution in [0.1, 0.15) is 310 Å². The molecule has 0 unspecified atom stereocenters. The standard InChI is InChI=1S/4C13H27.2S.2Sn/c4*1-3-5-7-9-11-13-12-10-8-6-4-2;;;;/h4*1,3-13H2,2H3;;;;. The van der Waals surface area contributed by atoms with Crippen LogP contribution in [0.4, 0.5) is 0 Å². The first-order valence-corrected chi connectivity index (χ1v) is 50.7. The van der Waals surface area contributed by atoms with Gasteiger partial charge in [0.25, 0.3) is 0 Å². The van der Waals surface area contributed by atoms with Crippen LogP contribution in [0.25, 0.3) is 0 Å². The molecule has 1 heterocycles. The number of hydrogen-bond acceptors (Lipinski definition) is 2. The molecule has 0 aliphatic carbocycles. The van der Waals surface area contributed by atoms with Gasteiger partial charge in [0.1, 0.15) is 0 Å². The van der Waals surface area contributed by atoms with Crippen LogP contribution in [-0.2, 0) is 0 Å². The average molecular weight is 1030 g/mol. The van der Waals surface area contributed by atoms with Crippen LogP contribution in [-0.4, -0.2) is 31.2 Å². The summed E-state index contributed by atoms with van der Waals surface area (Å²) < 4.78 is 7.03. The molecule has 0 spiro atoms. The molecule has 1 aliphatic heterocycles. The summed E-state index contributed by atoms with van der Waals surface area (Å²) in [4.78, 5) is 0. The molecule has 0 aromatic heterocycles. The van der Waals surface area contributed by atoms with Gasteiger partial charge >= 0.3 is 344 Å². The van der Waals surface area contributed by atoms with E-state index in [9.17, 15) is 0 Å². The monoisotopic (exact) mass is 1040 g/mol. The van der Waals surface area contributed by atoms with E-state index in [1.54, 1.807) is 69.1 Å². The maximum atomic E-state index is 2.98. The van der Waals surface area contributed by atoms with Crippen molar-refractivity contribution in [1.82, 2.24) is 0 Å². The fraction of sp³-hybridized carbons (Fsp3) is 1.00. The topological polar surface area (TPSA) is 0 Å². The van der Waals surface area contributed by atoms with Gasteiger partial charge in [0, 0.05) is 0 Å². The zero-order chi connectivity index (χ0) is 40.4. The summed E-state index contributed by atoms with van der Waals surface area (Å²) in [5.41, 5.74) is 0. The Balaban J connectivity index is 2.59. The van der Waals surface area contributed by atoms with Crippen molar-refractivity contribution in [2.24, 2.45) is 0 Å². The summed E-state index contributed by atoms with van der Waals surface area (Å²) >= 11 is -4.11. The fourth-order valence-corrected chi connectivity index (χ4v) is 249. The number of hydrogen-bond donors (Lipinski definition) is 0. The van der Waals surface area contributed by atoms with E-state index in [4.69, 9.17) is 0 Å². The molecule has 0 amide bonds. The van der Waals surface area contributed by atoms with Gasteiger partial charge in [-0.25, -0.2) is 0 Å². The molecule has 1 fully saturated rings. The summed E-state index contributed by atoms with van der Waals surface area (Å²) in [5, 5.41) is 0. The number of unbranched alkanes of at least 4 members (excludes halogenated alkanes) is 40. The maximum absolute atomic E-state index is 2.98. The molecule has 1 saturated heterocycles. The summed E-state index contributed by atoms with van der Waals surface area (Å²) in [6.07, 6.45) is 72.2. The van der Waals surface area contributed by atoms with Crippen LogP contribution >= 0.6 is 12.3 Å². The predicted molar refractivity (Wildman–Crippen MR) is 272 cm³/mol. The van der Waals surface area contributed by atoms with Crippen molar-refractivity contribution in [3.63, 3.8) is 0 Å². The van der Waals surface area contributed by atoms with Gasteiger partial charge in [0.2, 0.25) is 0 Å². The molecule has 0 radical (unpaired) electrons. The Labute approximate surface area is 368 Å². The first-order valence-electron chi connectivity index (χ1n) is 27.1. The molecule has 0 atom stereocenters. The quantitative estimate of drug-likeness (QED) is 0.0440. The molecule has 1 aliphatic rings. The fourth-order valence-electron chi connectivity index (χ4n) is 9.58. The normalized spacial score (nSPS) is 14.8. The van der Waals surface area contributed by atoms with Crippen molar-refractivity contribution in [1.29, 1.82) is 0 Å². The number of rotatable bonds is 48. The molecule has 1 rings (SSSR count). The zero-order valence-corrected chi connectivity index (χ0v) is 47.1. The van der Waals surface area contributed by atoms with Gasteiger partial charge in [0.05, 0.1) is 0 Å². The van der Waals surface area contributed by atoms with Crippen molar-refractivity contribution in [2.45, 2.75) is 328 Å². The molecular formula is C52H108S2Sn2. The molecule has 56 heavy (non-hydrogen) atoms. The first-order chi connectivity index (χ1) is 27.7. The molecule has 0 aromatic rings. The Morgan fingerprint density at radius 1 is 0.179 bits per heavy atom. The molecule has 0 N–H and O–H groups in total. The van der Waals surface area contributed by atoms with Crippen molar-refractivity contribution in [2.75, 3.05) is 0 Å². The minimum absolute atomic E-state index is 1.38. The van der Waals surface area contributed by atoms with E-state index < -0.39 is 31.2 Å². The van der Waals surface area contributed by atoms with Crippen molar-refractivity contribution >= 4 is 43.5 Å². The van der Waals surface area contributed by atoms with Gasteiger partial charge in [-0.15, -0.1) is 0 Å².